The number of aromatic nitrogens is 2. The number of piperidine rings is 1. The van der Waals surface area contributed by atoms with Crippen LogP contribution in [0.25, 0.3) is 0 Å². The van der Waals surface area contributed by atoms with Crippen molar-refractivity contribution in [3.63, 3.8) is 0 Å². The molecule has 0 amide bonds. The second kappa shape index (κ2) is 8.04. The van der Waals surface area contributed by atoms with Gasteiger partial charge >= 0.3 is 0 Å². The van der Waals surface area contributed by atoms with Gasteiger partial charge in [0.25, 0.3) is 0 Å². The Morgan fingerprint density at radius 2 is 2.00 bits per heavy atom. The fourth-order valence-electron chi connectivity index (χ4n) is 3.30. The highest BCUT2D eigenvalue weighted by Crippen LogP contribution is 2.25. The number of hydrogen-bond donors (Lipinski definition) is 0. The molecule has 1 aromatic carbocycles. The Kier molecular flexibility index (Phi) is 5.92. The normalized spacial score (nSPS) is 16.9. The molecule has 2 aromatic rings. The molecule has 1 fully saturated rings. The topological polar surface area (TPSA) is 79.5 Å². The van der Waals surface area contributed by atoms with E-state index in [0.29, 0.717) is 23.7 Å². The van der Waals surface area contributed by atoms with Crippen LogP contribution >= 0.6 is 0 Å². The van der Waals surface area contributed by atoms with Crippen molar-refractivity contribution in [1.29, 1.82) is 0 Å². The molecule has 148 valence electrons. The fraction of sp³-hybridized carbons (Fsp3) is 0.556. The molecule has 0 spiro atoms. The Balaban J connectivity index is 1.88. The first-order valence-corrected chi connectivity index (χ1v) is 10.5. The van der Waals surface area contributed by atoms with Crippen molar-refractivity contribution >= 4 is 10.0 Å². The van der Waals surface area contributed by atoms with E-state index in [9.17, 15) is 12.8 Å². The second-order valence-corrected chi connectivity index (χ2v) is 8.93. The molecule has 0 unspecified atom stereocenters. The number of aryl methyl sites for hydroxylation is 2. The van der Waals surface area contributed by atoms with Gasteiger partial charge in [0, 0.05) is 25.9 Å². The standard InChI is InChI=1S/C18H25FN4O3S/c1-13-4-5-16(12-17(13)19)27(24,25)23(15-6-9-22(3)10-7-15)11-8-18-20-14(2)26-21-18/h4-5,12,15H,6-11H2,1-3H3. The summed E-state index contributed by atoms with van der Waals surface area (Å²) in [4.78, 5) is 6.31. The quantitative estimate of drug-likeness (QED) is 0.744. The molecule has 3 rings (SSSR count). The third kappa shape index (κ3) is 4.53. The van der Waals surface area contributed by atoms with Crippen LogP contribution in [-0.4, -0.2) is 60.5 Å². The number of benzene rings is 1. The maximum absolute atomic E-state index is 14.0. The average Bonchev–Trinajstić information content (AvgIpc) is 3.04. The van der Waals surface area contributed by atoms with Gasteiger partial charge in [-0.05, 0) is 57.6 Å². The van der Waals surface area contributed by atoms with Crippen molar-refractivity contribution in [2.75, 3.05) is 26.7 Å². The molecule has 2 heterocycles. The van der Waals surface area contributed by atoms with Gasteiger partial charge in [0.1, 0.15) is 5.82 Å². The zero-order chi connectivity index (χ0) is 19.6. The minimum Gasteiger partial charge on any atom is -0.340 e. The Bertz CT molecular complexity index is 892. The van der Waals surface area contributed by atoms with Crippen LogP contribution in [0.5, 0.6) is 0 Å². The van der Waals surface area contributed by atoms with Crippen molar-refractivity contribution in [2.24, 2.45) is 0 Å². The molecule has 0 atom stereocenters. The van der Waals surface area contributed by atoms with Crippen molar-refractivity contribution in [3.8, 4) is 0 Å². The SMILES string of the molecule is Cc1nc(CCN(C2CCN(C)CC2)S(=O)(=O)c2ccc(C)c(F)c2)no1. The average molecular weight is 396 g/mol. The number of nitrogens with zero attached hydrogens (tertiary/aromatic N) is 4. The van der Waals surface area contributed by atoms with Gasteiger partial charge in [-0.3, -0.25) is 0 Å². The Hall–Kier alpha value is -1.84. The van der Waals surface area contributed by atoms with E-state index in [2.05, 4.69) is 15.0 Å². The first-order chi connectivity index (χ1) is 12.8. The van der Waals surface area contributed by atoms with E-state index in [0.717, 1.165) is 32.0 Å². The van der Waals surface area contributed by atoms with Crippen molar-refractivity contribution in [3.05, 3.63) is 41.3 Å². The molecule has 1 aliphatic rings. The van der Waals surface area contributed by atoms with Crippen LogP contribution in [0.1, 0.15) is 30.1 Å². The molecule has 1 saturated heterocycles. The predicted octanol–water partition coefficient (Wildman–Crippen LogP) is 2.15. The lowest BCUT2D eigenvalue weighted by Crippen LogP contribution is -2.47. The minimum absolute atomic E-state index is 0.0196. The van der Waals surface area contributed by atoms with Crippen LogP contribution in [0.3, 0.4) is 0 Å². The molecule has 0 radical (unpaired) electrons. The van der Waals surface area contributed by atoms with Gasteiger partial charge in [-0.25, -0.2) is 12.8 Å². The van der Waals surface area contributed by atoms with E-state index in [1.807, 2.05) is 7.05 Å². The van der Waals surface area contributed by atoms with Crippen molar-refractivity contribution in [1.82, 2.24) is 19.3 Å². The third-order valence-electron chi connectivity index (χ3n) is 4.97. The zero-order valence-corrected chi connectivity index (χ0v) is 16.7. The summed E-state index contributed by atoms with van der Waals surface area (Å²) in [5.41, 5.74) is 0.419. The molecule has 0 saturated carbocycles. The van der Waals surface area contributed by atoms with Crippen molar-refractivity contribution in [2.45, 2.75) is 44.0 Å². The lowest BCUT2D eigenvalue weighted by molar-refractivity contribution is 0.183. The molecule has 1 aliphatic heterocycles. The molecule has 0 bridgehead atoms. The Morgan fingerprint density at radius 1 is 1.30 bits per heavy atom. The minimum atomic E-state index is -3.83. The molecular formula is C18H25FN4O3S. The van der Waals surface area contributed by atoms with Crippen LogP contribution < -0.4 is 0 Å². The fourth-order valence-corrected chi connectivity index (χ4v) is 5.00. The summed E-state index contributed by atoms with van der Waals surface area (Å²) in [5, 5.41) is 3.85. The summed E-state index contributed by atoms with van der Waals surface area (Å²) in [7, 11) is -1.81. The molecule has 9 heteroatoms. The van der Waals surface area contributed by atoms with Crippen LogP contribution in [0, 0.1) is 19.7 Å². The summed E-state index contributed by atoms with van der Waals surface area (Å²) in [6.07, 6.45) is 1.81. The second-order valence-electron chi connectivity index (χ2n) is 7.04. The van der Waals surface area contributed by atoms with E-state index in [1.54, 1.807) is 13.8 Å². The monoisotopic (exact) mass is 396 g/mol. The summed E-state index contributed by atoms with van der Waals surface area (Å²) in [5.74, 6) is 0.392. The van der Waals surface area contributed by atoms with Gasteiger partial charge in [0.2, 0.25) is 15.9 Å². The Labute approximate surface area is 159 Å². The van der Waals surface area contributed by atoms with E-state index < -0.39 is 15.8 Å². The summed E-state index contributed by atoms with van der Waals surface area (Å²) in [6, 6.07) is 3.93. The van der Waals surface area contributed by atoms with E-state index >= 15 is 0 Å². The lowest BCUT2D eigenvalue weighted by Gasteiger charge is -2.36. The molecule has 7 nitrogen and oxygen atoms in total. The zero-order valence-electron chi connectivity index (χ0n) is 15.9. The van der Waals surface area contributed by atoms with E-state index in [1.165, 1.54) is 16.4 Å². The van der Waals surface area contributed by atoms with Gasteiger partial charge in [-0.15, -0.1) is 0 Å². The van der Waals surface area contributed by atoms with Gasteiger partial charge in [0.15, 0.2) is 5.82 Å². The van der Waals surface area contributed by atoms with Crippen LogP contribution in [0.4, 0.5) is 4.39 Å². The lowest BCUT2D eigenvalue weighted by atomic mass is 10.1. The first kappa shape index (κ1) is 19.9. The molecule has 0 N–H and O–H groups in total. The van der Waals surface area contributed by atoms with Gasteiger partial charge < -0.3 is 9.42 Å². The van der Waals surface area contributed by atoms with Gasteiger partial charge in [0.05, 0.1) is 4.90 Å². The van der Waals surface area contributed by atoms with E-state index in [4.69, 9.17) is 4.52 Å². The summed E-state index contributed by atoms with van der Waals surface area (Å²) < 4.78 is 47.0. The highest BCUT2D eigenvalue weighted by molar-refractivity contribution is 7.89. The molecular weight excluding hydrogens is 371 g/mol. The maximum atomic E-state index is 14.0. The van der Waals surface area contributed by atoms with Crippen LogP contribution in [0.15, 0.2) is 27.6 Å². The first-order valence-electron chi connectivity index (χ1n) is 9.03. The highest BCUT2D eigenvalue weighted by Gasteiger charge is 2.33. The van der Waals surface area contributed by atoms with Crippen molar-refractivity contribution < 1.29 is 17.3 Å². The number of sulfonamides is 1. The predicted molar refractivity (Wildman–Crippen MR) is 98.3 cm³/mol. The highest BCUT2D eigenvalue weighted by atomic mass is 32.2. The number of hydrogen-bond acceptors (Lipinski definition) is 6. The van der Waals surface area contributed by atoms with Gasteiger partial charge in [-0.1, -0.05) is 11.2 Å². The van der Waals surface area contributed by atoms with Crippen LogP contribution in [0.2, 0.25) is 0 Å². The number of halogens is 1. The number of rotatable bonds is 6. The van der Waals surface area contributed by atoms with E-state index in [-0.39, 0.29) is 17.5 Å². The maximum Gasteiger partial charge on any atom is 0.243 e. The largest absolute Gasteiger partial charge is 0.340 e. The number of likely N-dealkylation sites (tertiary alicyclic amines) is 1. The van der Waals surface area contributed by atoms with Gasteiger partial charge in [-0.2, -0.15) is 9.29 Å². The third-order valence-corrected chi connectivity index (χ3v) is 6.92. The summed E-state index contributed by atoms with van der Waals surface area (Å²) >= 11 is 0. The molecule has 27 heavy (non-hydrogen) atoms. The molecule has 1 aromatic heterocycles. The Morgan fingerprint density at radius 3 is 2.59 bits per heavy atom. The van der Waals surface area contributed by atoms with Crippen LogP contribution in [-0.2, 0) is 16.4 Å². The smallest absolute Gasteiger partial charge is 0.243 e. The molecule has 0 aliphatic carbocycles. The summed E-state index contributed by atoms with van der Waals surface area (Å²) in [6.45, 7) is 5.17.